The van der Waals surface area contributed by atoms with E-state index in [1.54, 1.807) is 0 Å². The molecule has 0 radical (unpaired) electrons. The van der Waals surface area contributed by atoms with Gasteiger partial charge in [-0.3, -0.25) is 4.79 Å². The molecule has 0 amide bonds. The first-order valence-corrected chi connectivity index (χ1v) is 8.06. The zero-order valence-electron chi connectivity index (χ0n) is 10.0. The van der Waals surface area contributed by atoms with Gasteiger partial charge in [0.05, 0.1) is 5.33 Å². The van der Waals surface area contributed by atoms with Gasteiger partial charge in [0.15, 0.2) is 5.78 Å². The van der Waals surface area contributed by atoms with Gasteiger partial charge in [-0.05, 0) is 53.1 Å². The lowest BCUT2D eigenvalue weighted by molar-refractivity contribution is -0.118. The van der Waals surface area contributed by atoms with Crippen LogP contribution < -0.4 is 0 Å². The van der Waals surface area contributed by atoms with Crippen LogP contribution in [0.3, 0.4) is 0 Å². The number of rotatable bonds is 7. The van der Waals surface area contributed by atoms with E-state index in [2.05, 4.69) is 49.4 Å². The molecular formula is C14H15BrINO. The molecule has 0 aliphatic carbocycles. The molecule has 0 spiro atoms. The number of unbranched alkanes of at least 4 members (excludes halogenated alkanes) is 1. The van der Waals surface area contributed by atoms with Crippen LogP contribution in [0.4, 0.5) is 0 Å². The third-order valence-corrected chi connectivity index (χ3v) is 4.01. The number of alkyl halides is 1. The van der Waals surface area contributed by atoms with Crippen molar-refractivity contribution in [1.29, 1.82) is 0 Å². The van der Waals surface area contributed by atoms with Crippen LogP contribution in [0.5, 0.6) is 0 Å². The van der Waals surface area contributed by atoms with Crippen LogP contribution in [-0.4, -0.2) is 17.7 Å². The molecule has 0 saturated heterocycles. The van der Waals surface area contributed by atoms with Crippen LogP contribution in [0.15, 0.2) is 24.3 Å². The molecule has 1 aromatic rings. The van der Waals surface area contributed by atoms with E-state index in [1.807, 2.05) is 18.2 Å². The van der Waals surface area contributed by atoms with Crippen LogP contribution in [0.1, 0.15) is 30.7 Å². The summed E-state index contributed by atoms with van der Waals surface area (Å²) in [7, 11) is 0. The van der Waals surface area contributed by atoms with Crippen molar-refractivity contribution in [3.63, 3.8) is 0 Å². The van der Waals surface area contributed by atoms with E-state index in [1.165, 1.54) is 0 Å². The first kappa shape index (κ1) is 15.6. The van der Waals surface area contributed by atoms with Crippen molar-refractivity contribution in [2.75, 3.05) is 11.9 Å². The first-order chi connectivity index (χ1) is 8.69. The predicted octanol–water partition coefficient (Wildman–Crippen LogP) is 4.43. The fourth-order valence-corrected chi connectivity index (χ4v) is 2.83. The van der Waals surface area contributed by atoms with Crippen molar-refractivity contribution in [2.24, 2.45) is 0 Å². The van der Waals surface area contributed by atoms with Crippen molar-refractivity contribution in [1.82, 2.24) is 0 Å². The van der Waals surface area contributed by atoms with Crippen molar-refractivity contribution in [3.05, 3.63) is 44.8 Å². The monoisotopic (exact) mass is 419 g/mol. The Morgan fingerprint density at radius 3 is 2.83 bits per heavy atom. The molecule has 96 valence electrons. The Morgan fingerprint density at radius 1 is 1.44 bits per heavy atom. The lowest BCUT2D eigenvalue weighted by atomic mass is 9.90. The molecule has 0 aliphatic rings. The minimum absolute atomic E-state index is 0.0372. The molecular weight excluding hydrogens is 405 g/mol. The van der Waals surface area contributed by atoms with Crippen LogP contribution in [-0.2, 0) is 4.79 Å². The number of hydrogen-bond acceptors (Lipinski definition) is 1. The number of carbonyl (C=O) groups is 1. The second-order valence-electron chi connectivity index (χ2n) is 4.09. The van der Waals surface area contributed by atoms with E-state index >= 15 is 0 Å². The lowest BCUT2D eigenvalue weighted by Crippen LogP contribution is -2.14. The minimum atomic E-state index is -0.0372. The topological polar surface area (TPSA) is 21.4 Å². The van der Waals surface area contributed by atoms with Crippen molar-refractivity contribution >= 4 is 44.3 Å². The molecule has 1 aromatic carbocycles. The van der Waals surface area contributed by atoms with Crippen molar-refractivity contribution in [2.45, 2.75) is 25.2 Å². The Balaban J connectivity index is 2.73. The molecule has 0 N–H and O–H groups in total. The number of nitrogens with zero attached hydrogens (tertiary/aromatic N) is 1. The number of Topliss-reactive ketones (excluding diaryl/α,β-unsaturated/α-hetero) is 1. The van der Waals surface area contributed by atoms with Gasteiger partial charge in [-0.2, -0.15) is 0 Å². The average molecular weight is 420 g/mol. The van der Waals surface area contributed by atoms with Crippen molar-refractivity contribution in [3.8, 4) is 0 Å². The van der Waals surface area contributed by atoms with Crippen molar-refractivity contribution < 1.29 is 4.79 Å². The highest BCUT2D eigenvalue weighted by Gasteiger charge is 2.19. The van der Waals surface area contributed by atoms with E-state index in [-0.39, 0.29) is 11.7 Å². The molecule has 0 aliphatic heterocycles. The van der Waals surface area contributed by atoms with E-state index < -0.39 is 0 Å². The van der Waals surface area contributed by atoms with E-state index in [0.29, 0.717) is 11.9 Å². The smallest absolute Gasteiger partial charge is 0.214 e. The van der Waals surface area contributed by atoms with Gasteiger partial charge in [-0.1, -0.05) is 28.1 Å². The van der Waals surface area contributed by atoms with Crippen LogP contribution in [0, 0.1) is 10.1 Å². The molecule has 4 heteroatoms. The maximum Gasteiger partial charge on any atom is 0.214 e. The Bertz CT molecular complexity index is 442. The maximum absolute atomic E-state index is 12.0. The highest BCUT2D eigenvalue weighted by atomic mass is 127. The normalized spacial score (nSPS) is 11.8. The number of hydrogen-bond donors (Lipinski definition) is 0. The Morgan fingerprint density at radius 2 is 2.22 bits per heavy atom. The minimum Gasteiger partial charge on any atom is -0.317 e. The molecule has 2 nitrogen and oxygen atoms in total. The molecule has 0 bridgehead atoms. The molecule has 0 aromatic heterocycles. The van der Waals surface area contributed by atoms with Crippen LogP contribution in [0.25, 0.3) is 4.85 Å². The molecule has 18 heavy (non-hydrogen) atoms. The van der Waals surface area contributed by atoms with E-state index in [4.69, 9.17) is 6.57 Å². The maximum atomic E-state index is 12.0. The average Bonchev–Trinajstić information content (AvgIpc) is 2.38. The lowest BCUT2D eigenvalue weighted by Gasteiger charge is -2.15. The Hall–Kier alpha value is -0.410. The summed E-state index contributed by atoms with van der Waals surface area (Å²) in [6.07, 6.45) is 2.64. The predicted molar refractivity (Wildman–Crippen MR) is 86.0 cm³/mol. The van der Waals surface area contributed by atoms with Gasteiger partial charge in [-0.25, -0.2) is 6.57 Å². The third-order valence-electron chi connectivity index (χ3n) is 2.78. The summed E-state index contributed by atoms with van der Waals surface area (Å²) >= 11 is 5.52. The van der Waals surface area contributed by atoms with Gasteiger partial charge < -0.3 is 4.85 Å². The summed E-state index contributed by atoms with van der Waals surface area (Å²) in [5, 5.41) is 0.395. The highest BCUT2D eigenvalue weighted by Crippen LogP contribution is 2.25. The van der Waals surface area contributed by atoms with Gasteiger partial charge in [0.1, 0.15) is 0 Å². The Labute approximate surface area is 130 Å². The summed E-state index contributed by atoms with van der Waals surface area (Å²) in [6.45, 7) is 7.31. The summed E-state index contributed by atoms with van der Waals surface area (Å²) in [4.78, 5) is 15.3. The third kappa shape index (κ3) is 5.07. The number of ketones is 1. The number of benzene rings is 1. The van der Waals surface area contributed by atoms with Gasteiger partial charge in [0.25, 0.3) is 0 Å². The van der Waals surface area contributed by atoms with Gasteiger partial charge in [0.2, 0.25) is 6.54 Å². The molecule has 0 saturated carbocycles. The van der Waals surface area contributed by atoms with E-state index in [9.17, 15) is 4.79 Å². The highest BCUT2D eigenvalue weighted by molar-refractivity contribution is 14.1. The largest absolute Gasteiger partial charge is 0.317 e. The van der Waals surface area contributed by atoms with Gasteiger partial charge in [-0.15, -0.1) is 0 Å². The number of carbonyl (C=O) groups excluding carboxylic acids is 1. The van der Waals surface area contributed by atoms with Crippen LogP contribution in [0.2, 0.25) is 0 Å². The summed E-state index contributed by atoms with van der Waals surface area (Å²) in [6, 6.07) is 8.10. The van der Waals surface area contributed by atoms with Crippen LogP contribution >= 0.6 is 38.5 Å². The van der Waals surface area contributed by atoms with E-state index in [0.717, 1.165) is 28.4 Å². The molecule has 1 unspecified atom stereocenters. The Kier molecular flexibility index (Phi) is 7.52. The summed E-state index contributed by atoms with van der Waals surface area (Å²) in [5.74, 6) is 0.185. The second-order valence-corrected chi connectivity index (χ2v) is 5.89. The quantitative estimate of drug-likeness (QED) is 0.277. The zero-order valence-corrected chi connectivity index (χ0v) is 13.8. The SMILES string of the molecule is [C-]#[N+]CCCCC(C(=O)CBr)c1cccc(I)c1. The fraction of sp³-hybridized carbons (Fsp3) is 0.429. The zero-order chi connectivity index (χ0) is 13.4. The standard InChI is InChI=1S/C14H15BrINO/c1-17-8-3-2-7-13(14(18)10-15)11-5-4-6-12(16)9-11/h4-6,9,13H,2-3,7-8,10H2. The van der Waals surface area contributed by atoms with Gasteiger partial charge >= 0.3 is 0 Å². The number of halogens is 2. The molecule has 0 fully saturated rings. The first-order valence-electron chi connectivity index (χ1n) is 5.86. The summed E-state index contributed by atoms with van der Waals surface area (Å²) in [5.41, 5.74) is 1.09. The molecule has 1 rings (SSSR count). The fourth-order valence-electron chi connectivity index (χ4n) is 1.87. The second kappa shape index (κ2) is 8.65. The molecule has 0 heterocycles. The summed E-state index contributed by atoms with van der Waals surface area (Å²) < 4.78 is 1.15. The van der Waals surface area contributed by atoms with Gasteiger partial charge in [0, 0.05) is 15.9 Å². The molecule has 1 atom stereocenters.